The third-order valence-electron chi connectivity index (χ3n) is 2.71. The molecular weight excluding hydrogens is 204 g/mol. The molecule has 0 spiro atoms. The Labute approximate surface area is 96.4 Å². The van der Waals surface area contributed by atoms with Crippen LogP contribution in [0.15, 0.2) is 12.5 Å². The molecule has 1 aromatic heterocycles. The smallest absolute Gasteiger partial charge is 0.356 e. The summed E-state index contributed by atoms with van der Waals surface area (Å²) in [6.45, 7) is 4.81. The number of nitrogens with zero attached hydrogens (tertiary/aromatic N) is 1. The van der Waals surface area contributed by atoms with Crippen LogP contribution in [0.1, 0.15) is 50.0 Å². The summed E-state index contributed by atoms with van der Waals surface area (Å²) in [5.74, 6) is 0.166. The maximum absolute atomic E-state index is 11.5. The van der Waals surface area contributed by atoms with E-state index in [0.29, 0.717) is 18.2 Å². The normalized spacial score (nSPS) is 12.4. The zero-order chi connectivity index (χ0) is 11.8. The summed E-state index contributed by atoms with van der Waals surface area (Å²) in [6, 6.07) is 0. The summed E-state index contributed by atoms with van der Waals surface area (Å²) < 4.78 is 5.23. The lowest BCUT2D eigenvalue weighted by molar-refractivity contribution is 0.0422. The highest BCUT2D eigenvalue weighted by molar-refractivity contribution is 5.86. The van der Waals surface area contributed by atoms with Crippen molar-refractivity contribution in [3.63, 3.8) is 0 Å². The van der Waals surface area contributed by atoms with Gasteiger partial charge in [-0.3, -0.25) is 0 Å². The molecule has 1 N–H and O–H groups in total. The van der Waals surface area contributed by atoms with Gasteiger partial charge in [0.25, 0.3) is 0 Å². The van der Waals surface area contributed by atoms with Gasteiger partial charge in [0.2, 0.25) is 0 Å². The Kier molecular flexibility index (Phi) is 5.61. The second kappa shape index (κ2) is 7.04. The molecule has 0 saturated carbocycles. The van der Waals surface area contributed by atoms with Crippen LogP contribution < -0.4 is 0 Å². The van der Waals surface area contributed by atoms with Gasteiger partial charge in [-0.25, -0.2) is 9.78 Å². The van der Waals surface area contributed by atoms with Gasteiger partial charge in [-0.2, -0.15) is 0 Å². The van der Waals surface area contributed by atoms with Crippen LogP contribution in [0, 0.1) is 5.92 Å². The number of carbonyl (C=O) groups excluding carboxylic acids is 1. The molecule has 4 nitrogen and oxygen atoms in total. The molecule has 4 heteroatoms. The Morgan fingerprint density at radius 3 is 2.94 bits per heavy atom. The average Bonchev–Trinajstić information content (AvgIpc) is 2.82. The van der Waals surface area contributed by atoms with E-state index in [9.17, 15) is 4.79 Å². The molecule has 0 aromatic carbocycles. The lowest BCUT2D eigenvalue weighted by Crippen LogP contribution is -2.14. The standard InChI is InChI=1S/C12H20N2O2/c1-3-5-6-10(4-2)8-16-12(15)11-7-13-9-14-11/h7,9-10H,3-6,8H2,1-2H3,(H,13,14). The van der Waals surface area contributed by atoms with E-state index >= 15 is 0 Å². The molecule has 0 amide bonds. The predicted molar refractivity (Wildman–Crippen MR) is 62.2 cm³/mol. The number of hydrogen-bond donors (Lipinski definition) is 1. The Morgan fingerprint density at radius 1 is 1.56 bits per heavy atom. The van der Waals surface area contributed by atoms with Crippen molar-refractivity contribution in [2.75, 3.05) is 6.61 Å². The lowest BCUT2D eigenvalue weighted by Gasteiger charge is -2.13. The van der Waals surface area contributed by atoms with Gasteiger partial charge in [-0.05, 0) is 12.3 Å². The number of aromatic nitrogens is 2. The summed E-state index contributed by atoms with van der Waals surface area (Å²) in [5.41, 5.74) is 0.422. The molecule has 0 saturated heterocycles. The number of imidazole rings is 1. The molecular formula is C12H20N2O2. The average molecular weight is 224 g/mol. The fraction of sp³-hybridized carbons (Fsp3) is 0.667. The van der Waals surface area contributed by atoms with E-state index in [1.54, 1.807) is 0 Å². The van der Waals surface area contributed by atoms with Gasteiger partial charge in [-0.1, -0.05) is 33.1 Å². The highest BCUT2D eigenvalue weighted by atomic mass is 16.5. The summed E-state index contributed by atoms with van der Waals surface area (Å²) in [5, 5.41) is 0. The van der Waals surface area contributed by atoms with Crippen LogP contribution in [0.3, 0.4) is 0 Å². The first kappa shape index (κ1) is 12.7. The Bertz CT molecular complexity index is 296. The number of aromatic amines is 1. The monoisotopic (exact) mass is 224 g/mol. The molecule has 0 fully saturated rings. The minimum absolute atomic E-state index is 0.313. The summed E-state index contributed by atoms with van der Waals surface area (Å²) in [7, 11) is 0. The van der Waals surface area contributed by atoms with Gasteiger partial charge in [0, 0.05) is 0 Å². The van der Waals surface area contributed by atoms with Crippen LogP contribution in [0.4, 0.5) is 0 Å². The number of nitrogens with one attached hydrogen (secondary N) is 1. The number of rotatable bonds is 7. The molecule has 0 bridgehead atoms. The first-order chi connectivity index (χ1) is 7.77. The van der Waals surface area contributed by atoms with Gasteiger partial charge in [0.05, 0.1) is 19.1 Å². The van der Waals surface area contributed by atoms with Crippen molar-refractivity contribution < 1.29 is 9.53 Å². The fourth-order valence-electron chi connectivity index (χ4n) is 1.54. The third kappa shape index (κ3) is 4.04. The first-order valence-electron chi connectivity index (χ1n) is 5.93. The van der Waals surface area contributed by atoms with E-state index in [2.05, 4.69) is 23.8 Å². The highest BCUT2D eigenvalue weighted by Gasteiger charge is 2.12. The number of carbonyl (C=O) groups is 1. The van der Waals surface area contributed by atoms with Gasteiger partial charge >= 0.3 is 5.97 Å². The molecule has 0 aliphatic heterocycles. The second-order valence-electron chi connectivity index (χ2n) is 3.98. The molecule has 16 heavy (non-hydrogen) atoms. The third-order valence-corrected chi connectivity index (χ3v) is 2.71. The van der Waals surface area contributed by atoms with Gasteiger partial charge < -0.3 is 9.72 Å². The first-order valence-corrected chi connectivity index (χ1v) is 5.93. The largest absolute Gasteiger partial charge is 0.461 e. The van der Waals surface area contributed by atoms with Crippen molar-refractivity contribution in [1.29, 1.82) is 0 Å². The molecule has 1 atom stereocenters. The molecule has 1 heterocycles. The zero-order valence-electron chi connectivity index (χ0n) is 10.0. The van der Waals surface area contributed by atoms with Crippen LogP contribution >= 0.6 is 0 Å². The molecule has 1 unspecified atom stereocenters. The molecule has 0 radical (unpaired) electrons. The number of esters is 1. The fourth-order valence-corrected chi connectivity index (χ4v) is 1.54. The van der Waals surface area contributed by atoms with Crippen LogP contribution in [0.2, 0.25) is 0 Å². The number of hydrogen-bond acceptors (Lipinski definition) is 3. The van der Waals surface area contributed by atoms with Gasteiger partial charge in [-0.15, -0.1) is 0 Å². The second-order valence-corrected chi connectivity index (χ2v) is 3.98. The van der Waals surface area contributed by atoms with Crippen LogP contribution in [-0.4, -0.2) is 22.5 Å². The van der Waals surface area contributed by atoms with Crippen molar-refractivity contribution in [1.82, 2.24) is 9.97 Å². The Balaban J connectivity index is 2.29. The van der Waals surface area contributed by atoms with E-state index in [1.807, 2.05) is 0 Å². The molecule has 90 valence electrons. The Morgan fingerprint density at radius 2 is 2.38 bits per heavy atom. The Hall–Kier alpha value is -1.32. The summed E-state index contributed by atoms with van der Waals surface area (Å²) in [6.07, 6.45) is 7.52. The van der Waals surface area contributed by atoms with E-state index in [-0.39, 0.29) is 5.97 Å². The summed E-state index contributed by atoms with van der Waals surface area (Å²) in [4.78, 5) is 18.0. The van der Waals surface area contributed by atoms with Crippen molar-refractivity contribution in [3.05, 3.63) is 18.2 Å². The maximum Gasteiger partial charge on any atom is 0.356 e. The maximum atomic E-state index is 11.5. The number of unbranched alkanes of at least 4 members (excludes halogenated alkanes) is 1. The minimum Gasteiger partial charge on any atom is -0.461 e. The molecule has 1 rings (SSSR count). The number of ether oxygens (including phenoxy) is 1. The zero-order valence-corrected chi connectivity index (χ0v) is 10.0. The minimum atomic E-state index is -0.313. The number of H-pyrrole nitrogens is 1. The van der Waals surface area contributed by atoms with Crippen LogP contribution in [-0.2, 0) is 4.74 Å². The predicted octanol–water partition coefficient (Wildman–Crippen LogP) is 2.78. The topological polar surface area (TPSA) is 55.0 Å². The highest BCUT2D eigenvalue weighted by Crippen LogP contribution is 2.13. The van der Waals surface area contributed by atoms with Crippen LogP contribution in [0.25, 0.3) is 0 Å². The van der Waals surface area contributed by atoms with Crippen molar-refractivity contribution in [3.8, 4) is 0 Å². The van der Waals surface area contributed by atoms with E-state index in [1.165, 1.54) is 25.4 Å². The molecule has 0 aliphatic carbocycles. The SMILES string of the molecule is CCCCC(CC)COC(=O)c1cnc[nH]1. The van der Waals surface area contributed by atoms with E-state index < -0.39 is 0 Å². The molecule has 0 aliphatic rings. The summed E-state index contributed by atoms with van der Waals surface area (Å²) >= 11 is 0. The van der Waals surface area contributed by atoms with Gasteiger partial charge in [0.15, 0.2) is 0 Å². The molecule has 1 aromatic rings. The quantitative estimate of drug-likeness (QED) is 0.724. The lowest BCUT2D eigenvalue weighted by atomic mass is 10.0. The van der Waals surface area contributed by atoms with Crippen LogP contribution in [0.5, 0.6) is 0 Å². The van der Waals surface area contributed by atoms with Crippen molar-refractivity contribution in [2.45, 2.75) is 39.5 Å². The van der Waals surface area contributed by atoms with Crippen molar-refractivity contribution >= 4 is 5.97 Å². The van der Waals surface area contributed by atoms with E-state index in [4.69, 9.17) is 4.74 Å². The van der Waals surface area contributed by atoms with Gasteiger partial charge in [0.1, 0.15) is 5.69 Å². The van der Waals surface area contributed by atoms with Crippen molar-refractivity contribution in [2.24, 2.45) is 5.92 Å². The van der Waals surface area contributed by atoms with E-state index in [0.717, 1.165) is 12.8 Å².